The number of nitrogen functional groups attached to an aromatic ring is 1. The first-order chi connectivity index (χ1) is 9.61. The summed E-state index contributed by atoms with van der Waals surface area (Å²) in [5.41, 5.74) is 8.93. The Labute approximate surface area is 126 Å². The Bertz CT molecular complexity index is 628. The van der Waals surface area contributed by atoms with Crippen LogP contribution in [0.2, 0.25) is 0 Å². The van der Waals surface area contributed by atoms with Crippen LogP contribution in [-0.4, -0.2) is 10.9 Å². The van der Waals surface area contributed by atoms with E-state index < -0.39 is 0 Å². The van der Waals surface area contributed by atoms with Crippen molar-refractivity contribution in [2.24, 2.45) is 0 Å². The second-order valence-electron chi connectivity index (χ2n) is 4.38. The molecule has 1 amide bonds. The molecule has 0 saturated heterocycles. The molecule has 0 atom stereocenters. The molecule has 0 radical (unpaired) electrons. The van der Waals surface area contributed by atoms with Crippen molar-refractivity contribution in [1.29, 1.82) is 0 Å². The quantitative estimate of drug-likeness (QED) is 0.845. The average molecular weight is 334 g/mol. The molecule has 3 N–H and O–H groups in total. The van der Waals surface area contributed by atoms with Gasteiger partial charge in [0.2, 0.25) is 0 Å². The predicted molar refractivity (Wildman–Crippen MR) is 83.3 cm³/mol. The van der Waals surface area contributed by atoms with Crippen LogP contribution in [0.1, 0.15) is 28.5 Å². The number of aryl methyl sites for hydroxylation is 1. The van der Waals surface area contributed by atoms with Gasteiger partial charge in [0.15, 0.2) is 0 Å². The fourth-order valence-electron chi connectivity index (χ4n) is 1.89. The highest BCUT2D eigenvalue weighted by Crippen LogP contribution is 2.20. The van der Waals surface area contributed by atoms with Crippen LogP contribution in [0.3, 0.4) is 0 Å². The Hall–Kier alpha value is -1.88. The van der Waals surface area contributed by atoms with Gasteiger partial charge in [0, 0.05) is 21.9 Å². The number of amides is 1. The van der Waals surface area contributed by atoms with Gasteiger partial charge in [0.1, 0.15) is 0 Å². The van der Waals surface area contributed by atoms with E-state index in [-0.39, 0.29) is 5.91 Å². The predicted octanol–water partition coefficient (Wildman–Crippen LogP) is 2.92. The standard InChI is InChI=1S/C15H16BrN3O/c1-2-10-4-3-7-18-14(10)9-19-15(20)11-5-6-13(17)12(16)8-11/h3-8H,2,9,17H2,1H3,(H,19,20). The van der Waals surface area contributed by atoms with Crippen LogP contribution in [0.5, 0.6) is 0 Å². The van der Waals surface area contributed by atoms with Crippen molar-refractivity contribution in [3.63, 3.8) is 0 Å². The number of carbonyl (C=O) groups is 1. The zero-order valence-corrected chi connectivity index (χ0v) is 12.8. The molecule has 4 nitrogen and oxygen atoms in total. The topological polar surface area (TPSA) is 68.0 Å². The minimum absolute atomic E-state index is 0.140. The lowest BCUT2D eigenvalue weighted by atomic mass is 10.1. The highest BCUT2D eigenvalue weighted by Gasteiger charge is 2.08. The molecule has 1 aromatic carbocycles. The van der Waals surface area contributed by atoms with Crippen LogP contribution in [0.25, 0.3) is 0 Å². The summed E-state index contributed by atoms with van der Waals surface area (Å²) >= 11 is 3.32. The number of nitrogens with one attached hydrogen (secondary N) is 1. The number of rotatable bonds is 4. The molecule has 0 bridgehead atoms. The van der Waals surface area contributed by atoms with E-state index in [2.05, 4.69) is 33.2 Å². The van der Waals surface area contributed by atoms with Gasteiger partial charge in [-0.3, -0.25) is 9.78 Å². The molecule has 2 rings (SSSR count). The molecule has 0 spiro atoms. The Morgan fingerprint density at radius 1 is 1.40 bits per heavy atom. The number of nitrogens with two attached hydrogens (primary N) is 1. The first kappa shape index (κ1) is 14.5. The Morgan fingerprint density at radius 2 is 2.20 bits per heavy atom. The summed E-state index contributed by atoms with van der Waals surface area (Å²) in [5.74, 6) is -0.140. The van der Waals surface area contributed by atoms with E-state index in [1.807, 2.05) is 12.1 Å². The van der Waals surface area contributed by atoms with Crippen molar-refractivity contribution >= 4 is 27.5 Å². The Kier molecular flexibility index (Phi) is 4.74. The van der Waals surface area contributed by atoms with Gasteiger partial charge in [-0.2, -0.15) is 0 Å². The summed E-state index contributed by atoms with van der Waals surface area (Å²) in [7, 11) is 0. The van der Waals surface area contributed by atoms with Crippen LogP contribution >= 0.6 is 15.9 Å². The summed E-state index contributed by atoms with van der Waals surface area (Å²) < 4.78 is 0.720. The number of pyridine rings is 1. The molecule has 0 saturated carbocycles. The Balaban J connectivity index is 2.06. The SMILES string of the molecule is CCc1cccnc1CNC(=O)c1ccc(N)c(Br)c1. The number of nitrogens with zero attached hydrogens (tertiary/aromatic N) is 1. The first-order valence-corrected chi connectivity index (χ1v) is 7.17. The molecule has 0 aliphatic carbocycles. The van der Waals surface area contributed by atoms with Gasteiger partial charge in [0.05, 0.1) is 12.2 Å². The van der Waals surface area contributed by atoms with Crippen molar-refractivity contribution < 1.29 is 4.79 Å². The van der Waals surface area contributed by atoms with Gasteiger partial charge in [-0.15, -0.1) is 0 Å². The van der Waals surface area contributed by atoms with E-state index in [1.165, 1.54) is 0 Å². The van der Waals surface area contributed by atoms with E-state index in [0.29, 0.717) is 17.8 Å². The molecular formula is C15H16BrN3O. The summed E-state index contributed by atoms with van der Waals surface area (Å²) in [6.07, 6.45) is 2.63. The zero-order valence-electron chi connectivity index (χ0n) is 11.2. The van der Waals surface area contributed by atoms with Gasteiger partial charge in [-0.05, 0) is 52.2 Å². The third kappa shape index (κ3) is 3.36. The van der Waals surface area contributed by atoms with Gasteiger partial charge >= 0.3 is 0 Å². The van der Waals surface area contributed by atoms with E-state index in [9.17, 15) is 4.79 Å². The summed E-state index contributed by atoms with van der Waals surface area (Å²) in [4.78, 5) is 16.4. The van der Waals surface area contributed by atoms with E-state index in [0.717, 1.165) is 22.2 Å². The van der Waals surface area contributed by atoms with Gasteiger partial charge in [-0.25, -0.2) is 0 Å². The maximum Gasteiger partial charge on any atom is 0.251 e. The van der Waals surface area contributed by atoms with E-state index in [1.54, 1.807) is 24.4 Å². The maximum absolute atomic E-state index is 12.1. The van der Waals surface area contributed by atoms with Crippen LogP contribution in [0.15, 0.2) is 41.0 Å². The number of aromatic nitrogens is 1. The highest BCUT2D eigenvalue weighted by molar-refractivity contribution is 9.10. The summed E-state index contributed by atoms with van der Waals surface area (Å²) in [6, 6.07) is 9.05. The molecule has 1 heterocycles. The maximum atomic E-state index is 12.1. The smallest absolute Gasteiger partial charge is 0.251 e. The Morgan fingerprint density at radius 3 is 2.90 bits per heavy atom. The normalized spacial score (nSPS) is 10.3. The number of hydrogen-bond acceptors (Lipinski definition) is 3. The average Bonchev–Trinajstić information content (AvgIpc) is 2.47. The monoisotopic (exact) mass is 333 g/mol. The first-order valence-electron chi connectivity index (χ1n) is 6.37. The lowest BCUT2D eigenvalue weighted by Crippen LogP contribution is -2.24. The largest absolute Gasteiger partial charge is 0.398 e. The molecule has 5 heteroatoms. The molecule has 20 heavy (non-hydrogen) atoms. The van der Waals surface area contributed by atoms with Crippen molar-refractivity contribution in [3.8, 4) is 0 Å². The van der Waals surface area contributed by atoms with E-state index in [4.69, 9.17) is 5.73 Å². The lowest BCUT2D eigenvalue weighted by molar-refractivity contribution is 0.0950. The lowest BCUT2D eigenvalue weighted by Gasteiger charge is -2.09. The molecular weight excluding hydrogens is 318 g/mol. The number of benzene rings is 1. The van der Waals surface area contributed by atoms with Crippen molar-refractivity contribution in [3.05, 3.63) is 57.8 Å². The van der Waals surface area contributed by atoms with Crippen LogP contribution in [0, 0.1) is 0 Å². The molecule has 2 aromatic rings. The van der Waals surface area contributed by atoms with Crippen molar-refractivity contribution in [2.45, 2.75) is 19.9 Å². The van der Waals surface area contributed by atoms with Crippen LogP contribution in [-0.2, 0) is 13.0 Å². The molecule has 0 aliphatic heterocycles. The fourth-order valence-corrected chi connectivity index (χ4v) is 2.27. The second kappa shape index (κ2) is 6.52. The number of anilines is 1. The fraction of sp³-hybridized carbons (Fsp3) is 0.200. The van der Waals surface area contributed by atoms with Crippen molar-refractivity contribution in [1.82, 2.24) is 10.3 Å². The third-order valence-corrected chi connectivity index (χ3v) is 3.73. The molecule has 0 unspecified atom stereocenters. The minimum Gasteiger partial charge on any atom is -0.398 e. The van der Waals surface area contributed by atoms with Crippen LogP contribution in [0.4, 0.5) is 5.69 Å². The van der Waals surface area contributed by atoms with Gasteiger partial charge < -0.3 is 11.1 Å². The van der Waals surface area contributed by atoms with Crippen molar-refractivity contribution in [2.75, 3.05) is 5.73 Å². The summed E-state index contributed by atoms with van der Waals surface area (Å²) in [6.45, 7) is 2.49. The summed E-state index contributed by atoms with van der Waals surface area (Å²) in [5, 5.41) is 2.87. The third-order valence-electron chi connectivity index (χ3n) is 3.04. The minimum atomic E-state index is -0.140. The second-order valence-corrected chi connectivity index (χ2v) is 5.24. The van der Waals surface area contributed by atoms with Gasteiger partial charge in [0.25, 0.3) is 5.91 Å². The molecule has 1 aromatic heterocycles. The highest BCUT2D eigenvalue weighted by atomic mass is 79.9. The zero-order chi connectivity index (χ0) is 14.5. The molecule has 0 fully saturated rings. The molecule has 104 valence electrons. The van der Waals surface area contributed by atoms with Gasteiger partial charge in [-0.1, -0.05) is 13.0 Å². The number of halogens is 1. The molecule has 0 aliphatic rings. The van der Waals surface area contributed by atoms with Crippen LogP contribution < -0.4 is 11.1 Å². The van der Waals surface area contributed by atoms with E-state index >= 15 is 0 Å². The number of hydrogen-bond donors (Lipinski definition) is 2. The number of carbonyl (C=O) groups excluding carboxylic acids is 1.